The van der Waals surface area contributed by atoms with Crippen molar-refractivity contribution in [2.24, 2.45) is 11.8 Å². The van der Waals surface area contributed by atoms with Crippen LogP contribution >= 0.6 is 45.3 Å². The largest absolute Gasteiger partial charge is 0.480 e. The van der Waals surface area contributed by atoms with Gasteiger partial charge in [-0.05, 0) is 140 Å². The average Bonchev–Trinajstić information content (AvgIpc) is 1.65. The molecule has 2 aliphatic rings. The van der Waals surface area contributed by atoms with E-state index in [0.29, 0.717) is 27.8 Å². The molecule has 0 bridgehead atoms. The highest BCUT2D eigenvalue weighted by Crippen LogP contribution is 2.40. The number of nitrogens with zero attached hydrogens (tertiary/aromatic N) is 6. The fourth-order valence-corrected chi connectivity index (χ4v) is 11.5. The van der Waals surface area contributed by atoms with Crippen LogP contribution in [0.15, 0.2) is 73.3 Å². The molecular weight excluding hydrogens is 1390 g/mol. The number of Topliss-reactive ketones (excluding diaryl/α,β-unsaturated/α-hetero) is 1. The maximum atomic E-state index is 12.8. The number of allylic oxidation sites excluding steroid dienone is 1. The zero-order valence-corrected chi connectivity index (χ0v) is 61.3. The molecule has 0 radical (unpaired) electrons. The zero-order valence-electron chi connectivity index (χ0n) is 57.5. The molecule has 7 N–H and O–H groups in total. The van der Waals surface area contributed by atoms with Gasteiger partial charge in [-0.1, -0.05) is 137 Å². The van der Waals surface area contributed by atoms with Crippen LogP contribution in [0.4, 0.5) is 18.0 Å². The van der Waals surface area contributed by atoms with Crippen LogP contribution in [-0.2, 0) is 30.1 Å². The Morgan fingerprint density at radius 1 is 0.677 bits per heavy atom. The molecule has 7 rings (SSSR count). The van der Waals surface area contributed by atoms with Crippen LogP contribution in [0, 0.1) is 56.9 Å². The molecular formula is C70H106F3IN10O10S2. The lowest BCUT2D eigenvalue weighted by Gasteiger charge is -2.26. The predicted molar refractivity (Wildman–Crippen MR) is 389 cm³/mol. The molecule has 5 aromatic rings. The molecule has 96 heavy (non-hydrogen) atoms. The number of aliphatic carboxylic acids is 2. The number of alkyl halides is 3. The van der Waals surface area contributed by atoms with Crippen LogP contribution in [-0.4, -0.2) is 173 Å². The molecule has 1 aliphatic carbocycles. The van der Waals surface area contributed by atoms with Crippen molar-refractivity contribution in [2.75, 3.05) is 86.6 Å². The third-order valence-corrected chi connectivity index (χ3v) is 17.3. The van der Waals surface area contributed by atoms with Gasteiger partial charge in [-0.2, -0.15) is 13.2 Å². The zero-order chi connectivity index (χ0) is 71.6. The number of benzene rings is 3. The summed E-state index contributed by atoms with van der Waals surface area (Å²) in [6.45, 7) is 23.7. The van der Waals surface area contributed by atoms with E-state index in [0.717, 1.165) is 92.5 Å². The minimum atomic E-state index is -4.34. The molecule has 536 valence electrons. The van der Waals surface area contributed by atoms with Gasteiger partial charge in [-0.3, -0.25) is 38.6 Å². The van der Waals surface area contributed by atoms with E-state index in [9.17, 15) is 46.7 Å². The summed E-state index contributed by atoms with van der Waals surface area (Å²) in [5.41, 5.74) is 7.17. The van der Waals surface area contributed by atoms with Crippen LogP contribution in [0.25, 0.3) is 16.8 Å². The predicted octanol–water partition coefficient (Wildman–Crippen LogP) is 13.6. The van der Waals surface area contributed by atoms with Crippen molar-refractivity contribution in [3.05, 3.63) is 125 Å². The summed E-state index contributed by atoms with van der Waals surface area (Å²) in [6.07, 6.45) is 8.78. The van der Waals surface area contributed by atoms with Gasteiger partial charge in [0.15, 0.2) is 0 Å². The first kappa shape index (κ1) is 89.3. The molecule has 1 saturated carbocycles. The van der Waals surface area contributed by atoms with Crippen molar-refractivity contribution in [1.29, 1.82) is 0 Å². The Bertz CT molecular complexity index is 3060. The lowest BCUT2D eigenvalue weighted by atomic mass is 9.89. The van der Waals surface area contributed by atoms with E-state index in [1.165, 1.54) is 79.8 Å². The Balaban J connectivity index is 0.00000113. The van der Waals surface area contributed by atoms with Crippen LogP contribution < -0.4 is 21.3 Å². The molecule has 4 amide bonds. The number of carboxylic acid groups (broad SMARTS) is 3. The highest BCUT2D eigenvalue weighted by Gasteiger charge is 2.37. The minimum Gasteiger partial charge on any atom is -0.480 e. The number of unbranched alkanes of at least 4 members (excludes halogenated alkanes) is 4. The highest BCUT2D eigenvalue weighted by molar-refractivity contribution is 14.1. The third-order valence-electron chi connectivity index (χ3n) is 14.6. The summed E-state index contributed by atoms with van der Waals surface area (Å²) in [4.78, 5) is 84.8. The number of nitrogens with one attached hydrogen (secondary N) is 4. The average molecular weight is 1500 g/mol. The Labute approximate surface area is 589 Å². The number of piperidine rings is 1. The van der Waals surface area contributed by atoms with E-state index in [1.807, 2.05) is 65.0 Å². The third kappa shape index (κ3) is 39.5. The lowest BCUT2D eigenvalue weighted by Crippen LogP contribution is -2.44. The molecule has 3 aromatic carbocycles. The molecule has 1 unspecified atom stereocenters. The van der Waals surface area contributed by atoms with Gasteiger partial charge >= 0.3 is 24.2 Å². The Morgan fingerprint density at radius 3 is 1.71 bits per heavy atom. The Hall–Kier alpha value is -6.72. The van der Waals surface area contributed by atoms with Crippen molar-refractivity contribution in [3.63, 3.8) is 0 Å². The van der Waals surface area contributed by atoms with Gasteiger partial charge in [-0.25, -0.2) is 9.78 Å². The number of rotatable bonds is 23. The van der Waals surface area contributed by atoms with E-state index >= 15 is 0 Å². The fourth-order valence-electron chi connectivity index (χ4n) is 9.51. The lowest BCUT2D eigenvalue weighted by molar-refractivity contribution is -0.140. The number of thiazole rings is 1. The summed E-state index contributed by atoms with van der Waals surface area (Å²) in [5.74, 6) is -1.36. The second-order valence-corrected chi connectivity index (χ2v) is 26.9. The molecule has 1 saturated heterocycles. The maximum absolute atomic E-state index is 12.8. The van der Waals surface area contributed by atoms with Gasteiger partial charge in [-0.15, -0.1) is 32.9 Å². The van der Waals surface area contributed by atoms with Gasteiger partial charge in [0.1, 0.15) is 20.7 Å². The van der Waals surface area contributed by atoms with Crippen LogP contribution in [0.1, 0.15) is 158 Å². The second-order valence-electron chi connectivity index (χ2n) is 23.2. The SMILES string of the molecule is C.C=C(C)c1ccccc1C.CC(=O)CN(CCN(CCN(C)C(=O)O)CC(=O)O)CC(=O)O.CCCCCCCNC(=O)c1cc(C)ccc1I.CNC(=O)C1CCCCC1.CNC(=O)C1CCCNC1.Cc1ccc(-c2nc(C)sc2C(F)(F)F)cc1.Cc1nnc(C)s1. The van der Waals surface area contributed by atoms with Crippen molar-refractivity contribution in [2.45, 2.75) is 153 Å². The van der Waals surface area contributed by atoms with E-state index in [1.54, 1.807) is 56.6 Å². The van der Waals surface area contributed by atoms with Gasteiger partial charge in [0.25, 0.3) is 5.91 Å². The molecule has 1 atom stereocenters. The first-order valence-electron chi connectivity index (χ1n) is 31.9. The summed E-state index contributed by atoms with van der Waals surface area (Å²) in [6, 6.07) is 21.1. The molecule has 3 heterocycles. The summed E-state index contributed by atoms with van der Waals surface area (Å²) < 4.78 is 39.4. The monoisotopic (exact) mass is 1490 g/mol. The van der Waals surface area contributed by atoms with Crippen molar-refractivity contribution in [3.8, 4) is 11.3 Å². The normalized spacial score (nSPS) is 13.1. The molecule has 0 spiro atoms. The summed E-state index contributed by atoms with van der Waals surface area (Å²) >= 11 is 4.52. The molecule has 2 fully saturated rings. The minimum absolute atomic E-state index is 0. The van der Waals surface area contributed by atoms with Gasteiger partial charge < -0.3 is 41.5 Å². The van der Waals surface area contributed by atoms with E-state index < -0.39 is 29.1 Å². The smallest absolute Gasteiger partial charge is 0.427 e. The van der Waals surface area contributed by atoms with E-state index in [4.69, 9.17) is 15.3 Å². The number of likely N-dealkylation sites (N-methyl/N-ethyl adjacent to an activating group) is 1. The van der Waals surface area contributed by atoms with Gasteiger partial charge in [0.05, 0.1) is 41.8 Å². The van der Waals surface area contributed by atoms with Gasteiger partial charge in [0, 0.05) is 75.5 Å². The Kier molecular flexibility index (Phi) is 46.3. The second kappa shape index (κ2) is 49.7. The number of carbonyl (C=O) groups excluding carboxylic acids is 4. The molecule has 20 nitrogen and oxygen atoms in total. The molecule has 1 aliphatic heterocycles. The Morgan fingerprint density at radius 2 is 1.22 bits per heavy atom. The number of carboxylic acids is 2. The molecule has 2 aromatic heterocycles. The van der Waals surface area contributed by atoms with Crippen molar-refractivity contribution < 1.29 is 62.1 Å². The van der Waals surface area contributed by atoms with Crippen molar-refractivity contribution >= 4 is 92.4 Å². The first-order valence-corrected chi connectivity index (χ1v) is 34.6. The number of aromatic nitrogens is 3. The number of hydrogen-bond acceptors (Lipinski definition) is 15. The topological polar surface area (TPSA) is 277 Å². The van der Waals surface area contributed by atoms with E-state index in [2.05, 4.69) is 91.6 Å². The highest BCUT2D eigenvalue weighted by atomic mass is 127. The van der Waals surface area contributed by atoms with Crippen molar-refractivity contribution in [1.82, 2.24) is 51.1 Å². The summed E-state index contributed by atoms with van der Waals surface area (Å²) in [5, 5.41) is 48.1. The first-order chi connectivity index (χ1) is 44.8. The standard InChI is InChI=1S/C15H22INO.C13H23N3O7.C12H10F3NS.C10H12.C8H15NO.C7H14N2O.C4H6N2S.CH4/c1-3-4-5-6-7-10-17-15(18)13-11-12(2)8-9-14(13)16;1-10(17)7-16(9-12(20)21)6-5-15(8-11(18)19)4-3-14(2)13(22)23;1-7-3-5-9(6-4-7)10-11(12(13,14)15)17-8(2)16-10;1-8(2)10-7-5-4-6-9(10)3;1-9-8(10)7-5-3-2-4-6-7;1-8-7(10)6-3-2-4-9-5-6;1-3-5-6-4(2)7-3;/h8-9,11H,3-7,10H2,1-2H3,(H,17,18);3-9H2,1-2H3,(H,18,19)(H,20,21)(H,22,23);3-6H,1-2H3;4-7H,1H2,2-3H3;7H,2-6H2,1H3,(H,9,10);6,9H,2-5H2,1H3,(H,8,10);1-2H3;1H4. The number of carbonyl (C=O) groups is 7. The van der Waals surface area contributed by atoms with E-state index in [-0.39, 0.29) is 88.4 Å². The van der Waals surface area contributed by atoms with Crippen LogP contribution in [0.5, 0.6) is 0 Å². The number of halogens is 4. The van der Waals surface area contributed by atoms with Crippen LogP contribution in [0.3, 0.4) is 0 Å². The van der Waals surface area contributed by atoms with Gasteiger partial charge in [0.2, 0.25) is 11.8 Å². The number of amides is 4. The number of hydrogen-bond donors (Lipinski definition) is 7. The molecule has 26 heteroatoms. The number of ketones is 1. The number of aryl methyl sites for hydroxylation is 6. The maximum Gasteiger partial charge on any atom is 0.427 e. The van der Waals surface area contributed by atoms with Crippen LogP contribution in [0.2, 0.25) is 0 Å². The summed E-state index contributed by atoms with van der Waals surface area (Å²) in [7, 11) is 4.78. The quantitative estimate of drug-likeness (QED) is 0.0236. The fraction of sp³-hybridized carbons (Fsp3) is 0.543.